The number of likely N-dealkylation sites (tertiary alicyclic amines) is 1. The lowest BCUT2D eigenvalue weighted by Gasteiger charge is -2.32. The maximum atomic E-state index is 13.1. The van der Waals surface area contributed by atoms with Gasteiger partial charge in [0.2, 0.25) is 11.8 Å². The van der Waals surface area contributed by atoms with Gasteiger partial charge in [-0.1, -0.05) is 18.2 Å². The van der Waals surface area contributed by atoms with Crippen molar-refractivity contribution in [1.29, 1.82) is 0 Å². The van der Waals surface area contributed by atoms with E-state index in [9.17, 15) is 14.4 Å². The molecule has 2 bridgehead atoms. The molecule has 3 aliphatic rings. The third kappa shape index (κ3) is 3.37. The molecule has 3 amide bonds. The summed E-state index contributed by atoms with van der Waals surface area (Å²) in [6.45, 7) is 0.612. The van der Waals surface area contributed by atoms with Gasteiger partial charge in [0, 0.05) is 30.5 Å². The van der Waals surface area contributed by atoms with Gasteiger partial charge in [-0.3, -0.25) is 19.4 Å². The summed E-state index contributed by atoms with van der Waals surface area (Å²) in [5, 5.41) is 6.02. The number of hydrogen-bond acceptors (Lipinski definition) is 4. The topological polar surface area (TPSA) is 107 Å². The summed E-state index contributed by atoms with van der Waals surface area (Å²) in [5.41, 5.74) is 1.90. The summed E-state index contributed by atoms with van der Waals surface area (Å²) in [4.78, 5) is 48.3. The van der Waals surface area contributed by atoms with Gasteiger partial charge in [0.1, 0.15) is 11.1 Å². The lowest BCUT2D eigenvalue weighted by Crippen LogP contribution is -2.51. The summed E-state index contributed by atoms with van der Waals surface area (Å²) in [6.07, 6.45) is 4.44. The molecule has 8 nitrogen and oxygen atoms in total. The highest BCUT2D eigenvalue weighted by molar-refractivity contribution is 6.13. The molecule has 2 saturated carbocycles. The Kier molecular flexibility index (Phi) is 4.50. The summed E-state index contributed by atoms with van der Waals surface area (Å²) < 4.78 is 0. The van der Waals surface area contributed by atoms with Crippen LogP contribution in [0, 0.1) is 11.3 Å². The number of amides is 3. The molecule has 3 aromatic rings. The van der Waals surface area contributed by atoms with Gasteiger partial charge in [0.25, 0.3) is 5.91 Å². The van der Waals surface area contributed by atoms with E-state index in [0.717, 1.165) is 23.9 Å². The smallest absolute Gasteiger partial charge is 0.270 e. The molecule has 2 aromatic heterocycles. The molecule has 3 atom stereocenters. The first-order chi connectivity index (χ1) is 16.0. The minimum atomic E-state index is -0.968. The highest BCUT2D eigenvalue weighted by Crippen LogP contribution is 2.48. The van der Waals surface area contributed by atoms with Crippen LogP contribution in [0.3, 0.4) is 0 Å². The summed E-state index contributed by atoms with van der Waals surface area (Å²) in [7, 11) is 0. The number of H-pyrrole nitrogens is 1. The third-order valence-electron chi connectivity index (χ3n) is 7.39. The van der Waals surface area contributed by atoms with Gasteiger partial charge in [0.05, 0.1) is 11.0 Å². The van der Waals surface area contributed by atoms with Crippen molar-refractivity contribution in [3.05, 3.63) is 60.4 Å². The van der Waals surface area contributed by atoms with Crippen molar-refractivity contribution in [2.24, 2.45) is 11.3 Å². The Balaban J connectivity index is 1.09. The fraction of sp³-hybridized carbons (Fsp3) is 0.360. The molecule has 1 saturated heterocycles. The molecule has 0 unspecified atom stereocenters. The van der Waals surface area contributed by atoms with Crippen molar-refractivity contribution < 1.29 is 14.4 Å². The molecule has 33 heavy (non-hydrogen) atoms. The number of carbonyl (C=O) groups excluding carboxylic acids is 3. The van der Waals surface area contributed by atoms with E-state index in [1.807, 2.05) is 47.4 Å². The fourth-order valence-corrected chi connectivity index (χ4v) is 5.37. The average molecular weight is 444 g/mol. The normalized spacial score (nSPS) is 24.6. The SMILES string of the molecule is O=C(c1cc2ncccc2[nH]1)N1C[C@@H]2C[C@H]1C[C@@H]2NC(=O)C1(C(=O)Nc2ccccc2)CC1. The first-order valence-corrected chi connectivity index (χ1v) is 11.5. The van der Waals surface area contributed by atoms with Crippen LogP contribution in [-0.4, -0.2) is 51.2 Å². The zero-order valence-electron chi connectivity index (χ0n) is 18.1. The van der Waals surface area contributed by atoms with Crippen LogP contribution in [0.25, 0.3) is 11.0 Å². The van der Waals surface area contributed by atoms with Crippen LogP contribution < -0.4 is 10.6 Å². The molecular weight excluding hydrogens is 418 g/mol. The highest BCUT2D eigenvalue weighted by atomic mass is 16.2. The molecule has 2 aliphatic carbocycles. The molecule has 3 fully saturated rings. The summed E-state index contributed by atoms with van der Waals surface area (Å²) in [6, 6.07) is 14.9. The number of anilines is 1. The zero-order valence-corrected chi connectivity index (χ0v) is 18.1. The van der Waals surface area contributed by atoms with Crippen LogP contribution in [0.5, 0.6) is 0 Å². The Hall–Kier alpha value is -3.68. The van der Waals surface area contributed by atoms with Crippen LogP contribution in [0.2, 0.25) is 0 Å². The number of hydrogen-bond donors (Lipinski definition) is 3. The molecule has 6 rings (SSSR count). The molecule has 0 spiro atoms. The minimum Gasteiger partial charge on any atom is -0.352 e. The number of carbonyl (C=O) groups is 3. The van der Waals surface area contributed by atoms with E-state index in [1.165, 1.54) is 0 Å². The number of rotatable bonds is 5. The van der Waals surface area contributed by atoms with E-state index in [4.69, 9.17) is 0 Å². The average Bonchev–Trinajstić information content (AvgIpc) is 3.18. The standard InChI is InChI=1S/C25H25N5O3/c31-22(21-13-20-18(28-21)7-4-10-26-20)30-14-15-11-17(30)12-19(15)29-24(33)25(8-9-25)23(32)27-16-5-2-1-3-6-16/h1-7,10,13,15,17,19,28H,8-9,11-12,14H2,(H,27,32)(H,29,33)/t15-,17-,19-/m0/s1. The first-order valence-electron chi connectivity index (χ1n) is 11.5. The van der Waals surface area contributed by atoms with Crippen LogP contribution in [0.15, 0.2) is 54.7 Å². The Morgan fingerprint density at radius 3 is 2.55 bits per heavy atom. The van der Waals surface area contributed by atoms with Gasteiger partial charge in [-0.2, -0.15) is 0 Å². The Morgan fingerprint density at radius 2 is 1.85 bits per heavy atom. The number of nitrogens with one attached hydrogen (secondary N) is 3. The number of fused-ring (bicyclic) bond motifs is 3. The second kappa shape index (κ2) is 7.43. The molecule has 168 valence electrons. The van der Waals surface area contributed by atoms with Crippen molar-refractivity contribution in [3.63, 3.8) is 0 Å². The third-order valence-corrected chi connectivity index (χ3v) is 7.39. The lowest BCUT2D eigenvalue weighted by molar-refractivity contribution is -0.135. The largest absolute Gasteiger partial charge is 0.352 e. The Labute approximate surface area is 190 Å². The maximum Gasteiger partial charge on any atom is 0.270 e. The van der Waals surface area contributed by atoms with Gasteiger partial charge < -0.3 is 20.5 Å². The molecule has 3 heterocycles. The van der Waals surface area contributed by atoms with Gasteiger partial charge in [-0.15, -0.1) is 0 Å². The van der Waals surface area contributed by atoms with E-state index in [1.54, 1.807) is 12.3 Å². The number of aromatic amines is 1. The summed E-state index contributed by atoms with van der Waals surface area (Å²) >= 11 is 0. The van der Waals surface area contributed by atoms with E-state index in [-0.39, 0.29) is 35.7 Å². The molecule has 1 aromatic carbocycles. The number of para-hydroxylation sites is 1. The maximum absolute atomic E-state index is 13.1. The van der Waals surface area contributed by atoms with Gasteiger partial charge in [-0.05, 0) is 61.9 Å². The van der Waals surface area contributed by atoms with Crippen molar-refractivity contribution >= 4 is 34.4 Å². The van der Waals surface area contributed by atoms with Gasteiger partial charge in [-0.25, -0.2) is 0 Å². The van der Waals surface area contributed by atoms with Crippen molar-refractivity contribution in [3.8, 4) is 0 Å². The van der Waals surface area contributed by atoms with E-state index in [0.29, 0.717) is 30.8 Å². The van der Waals surface area contributed by atoms with Crippen LogP contribution in [0.1, 0.15) is 36.2 Å². The number of nitrogens with zero attached hydrogens (tertiary/aromatic N) is 2. The quantitative estimate of drug-likeness (QED) is 0.527. The lowest BCUT2D eigenvalue weighted by atomic mass is 9.99. The molecule has 3 N–H and O–H groups in total. The van der Waals surface area contributed by atoms with Crippen molar-refractivity contribution in [2.45, 2.75) is 37.8 Å². The van der Waals surface area contributed by atoms with E-state index < -0.39 is 5.41 Å². The monoisotopic (exact) mass is 443 g/mol. The van der Waals surface area contributed by atoms with Gasteiger partial charge >= 0.3 is 0 Å². The fourth-order valence-electron chi connectivity index (χ4n) is 5.37. The number of aromatic nitrogens is 2. The molecule has 0 radical (unpaired) electrons. The van der Waals surface area contributed by atoms with Crippen LogP contribution in [-0.2, 0) is 9.59 Å². The van der Waals surface area contributed by atoms with Crippen LogP contribution >= 0.6 is 0 Å². The second-order valence-corrected chi connectivity index (χ2v) is 9.44. The Bertz CT molecular complexity index is 1220. The number of piperidine rings is 1. The van der Waals surface area contributed by atoms with Gasteiger partial charge in [0.15, 0.2) is 0 Å². The first kappa shape index (κ1) is 20.0. The van der Waals surface area contributed by atoms with Crippen LogP contribution in [0.4, 0.5) is 5.69 Å². The number of benzene rings is 1. The molecule has 1 aliphatic heterocycles. The predicted molar refractivity (Wildman–Crippen MR) is 122 cm³/mol. The second-order valence-electron chi connectivity index (χ2n) is 9.44. The number of pyridine rings is 1. The summed E-state index contributed by atoms with van der Waals surface area (Å²) in [5.74, 6) is -0.240. The predicted octanol–water partition coefficient (Wildman–Crippen LogP) is 2.70. The van der Waals surface area contributed by atoms with Crippen molar-refractivity contribution in [2.75, 3.05) is 11.9 Å². The van der Waals surface area contributed by atoms with E-state index >= 15 is 0 Å². The molecule has 8 heteroatoms. The Morgan fingerprint density at radius 1 is 1.03 bits per heavy atom. The van der Waals surface area contributed by atoms with Crippen molar-refractivity contribution in [1.82, 2.24) is 20.2 Å². The minimum absolute atomic E-state index is 0.00192. The highest BCUT2D eigenvalue weighted by Gasteiger charge is 2.58. The zero-order chi connectivity index (χ0) is 22.6. The molecular formula is C25H25N5O3. The van der Waals surface area contributed by atoms with E-state index in [2.05, 4.69) is 20.6 Å².